The van der Waals surface area contributed by atoms with E-state index in [9.17, 15) is 18.0 Å². The van der Waals surface area contributed by atoms with Crippen molar-refractivity contribution in [2.75, 3.05) is 5.32 Å². The number of halogens is 3. The highest BCUT2D eigenvalue weighted by Gasteiger charge is 2.42. The summed E-state index contributed by atoms with van der Waals surface area (Å²) in [6.07, 6.45) is -0.802. The second-order valence-electron chi connectivity index (χ2n) is 5.55. The first kappa shape index (κ1) is 15.9. The monoisotopic (exact) mass is 299 g/mol. The lowest BCUT2D eigenvalue weighted by atomic mass is 9.81. The van der Waals surface area contributed by atoms with Crippen LogP contribution in [-0.4, -0.2) is 5.91 Å². The minimum atomic E-state index is -4.45. The summed E-state index contributed by atoms with van der Waals surface area (Å²) in [5, 5.41) is 2.45. The molecule has 116 valence electrons. The molecule has 0 spiro atoms. The van der Waals surface area contributed by atoms with Crippen LogP contribution in [0.25, 0.3) is 0 Å². The molecule has 2 unspecified atom stereocenters. The number of anilines is 1. The molecule has 0 saturated heterocycles. The highest BCUT2D eigenvalue weighted by Crippen LogP contribution is 2.46. The van der Waals surface area contributed by atoms with Crippen LogP contribution in [0.1, 0.15) is 56.6 Å². The normalized spacial score (nSPS) is 19.3. The van der Waals surface area contributed by atoms with Gasteiger partial charge in [0, 0.05) is 0 Å². The highest BCUT2D eigenvalue weighted by atomic mass is 19.4. The van der Waals surface area contributed by atoms with Crippen molar-refractivity contribution in [3.63, 3.8) is 0 Å². The Bertz CT molecular complexity index is 525. The zero-order chi connectivity index (χ0) is 15.6. The van der Waals surface area contributed by atoms with Gasteiger partial charge in [-0.1, -0.05) is 45.2 Å². The fourth-order valence-corrected chi connectivity index (χ4v) is 3.09. The summed E-state index contributed by atoms with van der Waals surface area (Å²) in [6, 6.07) is 4.05. The maximum atomic E-state index is 13.0. The predicted octanol–water partition coefficient (Wildman–Crippen LogP) is 4.96. The minimum absolute atomic E-state index is 0.0463. The van der Waals surface area contributed by atoms with Crippen molar-refractivity contribution in [2.24, 2.45) is 5.92 Å². The number of hydrogen-bond acceptors (Lipinski definition) is 1. The number of para-hydroxylation sites is 1. The summed E-state index contributed by atoms with van der Waals surface area (Å²) >= 11 is 0. The Morgan fingerprint density at radius 3 is 2.57 bits per heavy atom. The molecule has 0 fully saturated rings. The van der Waals surface area contributed by atoms with Gasteiger partial charge >= 0.3 is 6.18 Å². The number of unbranched alkanes of at least 4 members (excludes halogenated alkanes) is 1. The van der Waals surface area contributed by atoms with E-state index in [1.54, 1.807) is 6.07 Å². The van der Waals surface area contributed by atoms with Crippen LogP contribution in [-0.2, 0) is 11.0 Å². The standard InChI is InChI=1S/C16H20F3NO/c1-3-5-7-10(4-2)13-11-8-6-9-12(16(17,18)19)14(11)20-15(13)21/h6,8-10,13H,3-5,7H2,1-2H3,(H,20,21). The molecule has 0 aromatic heterocycles. The number of benzene rings is 1. The smallest absolute Gasteiger partial charge is 0.325 e. The Morgan fingerprint density at radius 1 is 1.29 bits per heavy atom. The van der Waals surface area contributed by atoms with Crippen molar-refractivity contribution in [3.05, 3.63) is 29.3 Å². The third kappa shape index (κ3) is 3.06. The van der Waals surface area contributed by atoms with Gasteiger partial charge in [0.15, 0.2) is 0 Å². The van der Waals surface area contributed by atoms with Crippen molar-refractivity contribution in [1.82, 2.24) is 0 Å². The van der Waals surface area contributed by atoms with Gasteiger partial charge in [-0.15, -0.1) is 0 Å². The maximum Gasteiger partial charge on any atom is 0.418 e. The molecule has 1 heterocycles. The summed E-state index contributed by atoms with van der Waals surface area (Å²) in [6.45, 7) is 4.05. The molecule has 0 saturated carbocycles. The number of carbonyl (C=O) groups is 1. The Kier molecular flexibility index (Phi) is 4.59. The van der Waals surface area contributed by atoms with Crippen LogP contribution in [0, 0.1) is 5.92 Å². The average molecular weight is 299 g/mol. The zero-order valence-electron chi connectivity index (χ0n) is 12.3. The summed E-state index contributed by atoms with van der Waals surface area (Å²) in [5.41, 5.74) is -0.297. The van der Waals surface area contributed by atoms with E-state index in [-0.39, 0.29) is 17.5 Å². The fourth-order valence-electron chi connectivity index (χ4n) is 3.09. The number of hydrogen-bond donors (Lipinski definition) is 1. The quantitative estimate of drug-likeness (QED) is 0.818. The predicted molar refractivity (Wildman–Crippen MR) is 76.1 cm³/mol. The molecule has 0 aliphatic carbocycles. The van der Waals surface area contributed by atoms with Gasteiger partial charge in [0.2, 0.25) is 5.91 Å². The van der Waals surface area contributed by atoms with Gasteiger partial charge in [-0.3, -0.25) is 4.79 Å². The molecule has 1 aromatic rings. The SMILES string of the molecule is CCCCC(CC)C1C(=O)Nc2c1cccc2C(F)(F)F. The molecule has 2 nitrogen and oxygen atoms in total. The van der Waals surface area contributed by atoms with Gasteiger partial charge in [0.05, 0.1) is 17.2 Å². The third-order valence-electron chi connectivity index (χ3n) is 4.19. The van der Waals surface area contributed by atoms with Crippen molar-refractivity contribution < 1.29 is 18.0 Å². The van der Waals surface area contributed by atoms with E-state index in [4.69, 9.17) is 0 Å². The molecular weight excluding hydrogens is 279 g/mol. The largest absolute Gasteiger partial charge is 0.418 e. The number of rotatable bonds is 5. The second kappa shape index (κ2) is 6.08. The molecule has 0 radical (unpaired) electrons. The molecule has 1 amide bonds. The summed E-state index contributed by atoms with van der Waals surface area (Å²) < 4.78 is 39.1. The van der Waals surface area contributed by atoms with Gasteiger partial charge in [0.1, 0.15) is 0 Å². The Morgan fingerprint density at radius 2 is 2.00 bits per heavy atom. The number of amides is 1. The fraction of sp³-hybridized carbons (Fsp3) is 0.562. The first-order chi connectivity index (χ1) is 9.90. The van der Waals surface area contributed by atoms with Crippen LogP contribution in [0.4, 0.5) is 18.9 Å². The number of nitrogens with one attached hydrogen (secondary N) is 1. The highest BCUT2D eigenvalue weighted by molar-refractivity contribution is 6.04. The van der Waals surface area contributed by atoms with Crippen molar-refractivity contribution in [3.8, 4) is 0 Å². The molecule has 0 bridgehead atoms. The average Bonchev–Trinajstić information content (AvgIpc) is 2.75. The van der Waals surface area contributed by atoms with Crippen LogP contribution in [0.2, 0.25) is 0 Å². The number of fused-ring (bicyclic) bond motifs is 1. The van der Waals surface area contributed by atoms with Crippen LogP contribution >= 0.6 is 0 Å². The van der Waals surface area contributed by atoms with Gasteiger partial charge in [-0.05, 0) is 24.0 Å². The molecular formula is C16H20F3NO. The minimum Gasteiger partial charge on any atom is -0.325 e. The van der Waals surface area contributed by atoms with Crippen LogP contribution in [0.15, 0.2) is 18.2 Å². The van der Waals surface area contributed by atoms with Crippen LogP contribution in [0.5, 0.6) is 0 Å². The zero-order valence-corrected chi connectivity index (χ0v) is 12.3. The molecule has 2 rings (SSSR count). The van der Waals surface area contributed by atoms with Gasteiger partial charge in [-0.25, -0.2) is 0 Å². The lowest BCUT2D eigenvalue weighted by molar-refractivity contribution is -0.136. The van der Waals surface area contributed by atoms with Gasteiger partial charge < -0.3 is 5.32 Å². The summed E-state index contributed by atoms with van der Waals surface area (Å²) in [5.74, 6) is -0.668. The van der Waals surface area contributed by atoms with Crippen molar-refractivity contribution in [1.29, 1.82) is 0 Å². The molecule has 5 heteroatoms. The first-order valence-electron chi connectivity index (χ1n) is 7.41. The van der Waals surface area contributed by atoms with E-state index in [0.717, 1.165) is 31.7 Å². The molecule has 2 atom stereocenters. The maximum absolute atomic E-state index is 13.0. The molecule has 1 aliphatic rings. The number of carbonyl (C=O) groups excluding carboxylic acids is 1. The molecule has 21 heavy (non-hydrogen) atoms. The van der Waals surface area contributed by atoms with E-state index in [0.29, 0.717) is 5.56 Å². The van der Waals surface area contributed by atoms with Crippen LogP contribution in [0.3, 0.4) is 0 Å². The Balaban J connectivity index is 2.39. The molecule has 1 N–H and O–H groups in total. The van der Waals surface area contributed by atoms with Crippen molar-refractivity contribution in [2.45, 2.75) is 51.6 Å². The van der Waals surface area contributed by atoms with E-state index in [1.165, 1.54) is 6.07 Å². The molecule has 1 aliphatic heterocycles. The third-order valence-corrected chi connectivity index (χ3v) is 4.19. The van der Waals surface area contributed by atoms with E-state index >= 15 is 0 Å². The van der Waals surface area contributed by atoms with Gasteiger partial charge in [0.25, 0.3) is 0 Å². The second-order valence-corrected chi connectivity index (χ2v) is 5.55. The first-order valence-corrected chi connectivity index (χ1v) is 7.41. The Labute approximate surface area is 122 Å². The van der Waals surface area contributed by atoms with Gasteiger partial charge in [-0.2, -0.15) is 13.2 Å². The van der Waals surface area contributed by atoms with E-state index < -0.39 is 17.7 Å². The lowest BCUT2D eigenvalue weighted by Gasteiger charge is -2.21. The Hall–Kier alpha value is -1.52. The lowest BCUT2D eigenvalue weighted by Crippen LogP contribution is -2.20. The van der Waals surface area contributed by atoms with Crippen LogP contribution < -0.4 is 5.32 Å². The van der Waals surface area contributed by atoms with E-state index in [2.05, 4.69) is 12.2 Å². The summed E-state index contributed by atoms with van der Waals surface area (Å²) in [7, 11) is 0. The number of alkyl halides is 3. The van der Waals surface area contributed by atoms with E-state index in [1.807, 2.05) is 6.92 Å². The molecule has 1 aromatic carbocycles. The summed E-state index contributed by atoms with van der Waals surface area (Å²) in [4.78, 5) is 12.2. The topological polar surface area (TPSA) is 29.1 Å². The van der Waals surface area contributed by atoms with Crippen molar-refractivity contribution >= 4 is 11.6 Å².